The number of hydrogen-bond acceptors (Lipinski definition) is 2. The molecule has 0 aliphatic carbocycles. The van der Waals surface area contributed by atoms with Crippen molar-refractivity contribution in [2.75, 3.05) is 0 Å². The van der Waals surface area contributed by atoms with Gasteiger partial charge in [0.05, 0.1) is 11.0 Å². The highest BCUT2D eigenvalue weighted by atomic mass is 16.1. The first-order valence-corrected chi connectivity index (χ1v) is 5.29. The second-order valence-corrected chi connectivity index (χ2v) is 3.90. The van der Waals surface area contributed by atoms with Gasteiger partial charge in [-0.05, 0) is 12.1 Å². The third-order valence-electron chi connectivity index (χ3n) is 2.99. The van der Waals surface area contributed by atoms with Crippen LogP contribution >= 0.6 is 0 Å². The molecule has 0 aliphatic rings. The summed E-state index contributed by atoms with van der Waals surface area (Å²) in [4.78, 5) is 25.1. The normalized spacial score (nSPS) is 10.8. The molecule has 0 spiro atoms. The van der Waals surface area contributed by atoms with Crippen molar-refractivity contribution in [2.24, 2.45) is 0 Å². The van der Waals surface area contributed by atoms with Crippen LogP contribution in [0.4, 0.5) is 0 Å². The van der Waals surface area contributed by atoms with Gasteiger partial charge in [0.2, 0.25) is 0 Å². The van der Waals surface area contributed by atoms with Crippen LogP contribution in [0.25, 0.3) is 21.8 Å². The van der Waals surface area contributed by atoms with Crippen LogP contribution in [0.5, 0.6) is 0 Å². The number of benzene rings is 2. The zero-order valence-electron chi connectivity index (χ0n) is 8.94. The molecular weight excluding hydrogens is 214 g/mol. The number of aromatic amines is 1. The molecule has 0 radical (unpaired) electrons. The molecule has 1 heterocycles. The van der Waals surface area contributed by atoms with Gasteiger partial charge < -0.3 is 4.98 Å². The van der Waals surface area contributed by atoms with Crippen molar-refractivity contribution in [1.82, 2.24) is 4.98 Å². The maximum atomic E-state index is 11.0. The molecule has 0 bridgehead atoms. The van der Waals surface area contributed by atoms with Crippen molar-refractivity contribution >= 4 is 34.4 Å². The van der Waals surface area contributed by atoms with E-state index in [4.69, 9.17) is 0 Å². The number of fused-ring (bicyclic) bond motifs is 3. The Kier molecular flexibility index (Phi) is 2.05. The van der Waals surface area contributed by atoms with Crippen LogP contribution in [0.1, 0.15) is 20.7 Å². The first-order chi connectivity index (χ1) is 8.35. The van der Waals surface area contributed by atoms with Gasteiger partial charge in [0, 0.05) is 21.9 Å². The van der Waals surface area contributed by atoms with E-state index in [0.717, 1.165) is 34.4 Å². The van der Waals surface area contributed by atoms with E-state index in [1.807, 2.05) is 24.3 Å². The first kappa shape index (κ1) is 9.78. The zero-order chi connectivity index (χ0) is 11.8. The smallest absolute Gasteiger partial charge is 0.152 e. The minimum atomic E-state index is 0.607. The lowest BCUT2D eigenvalue weighted by Crippen LogP contribution is -1.82. The number of hydrogen-bond donors (Lipinski definition) is 1. The lowest BCUT2D eigenvalue weighted by Gasteiger charge is -1.93. The third-order valence-corrected chi connectivity index (χ3v) is 2.99. The molecule has 3 heteroatoms. The van der Waals surface area contributed by atoms with E-state index in [9.17, 15) is 9.59 Å². The molecule has 2 aromatic carbocycles. The summed E-state index contributed by atoms with van der Waals surface area (Å²) in [6.07, 6.45) is 1.64. The summed E-state index contributed by atoms with van der Waals surface area (Å²) in [5, 5.41) is 1.93. The highest BCUT2D eigenvalue weighted by molar-refractivity contribution is 6.14. The van der Waals surface area contributed by atoms with E-state index in [0.29, 0.717) is 11.1 Å². The van der Waals surface area contributed by atoms with Gasteiger partial charge >= 0.3 is 0 Å². The van der Waals surface area contributed by atoms with E-state index in [1.165, 1.54) is 0 Å². The standard InChI is InChI=1S/C14H9NO2/c16-7-9-3-1-5-11-12-6-2-4-10(8-17)14(12)15-13(9)11/h1-8,15H. The van der Waals surface area contributed by atoms with E-state index in [2.05, 4.69) is 4.98 Å². The average molecular weight is 223 g/mol. The fourth-order valence-corrected chi connectivity index (χ4v) is 2.19. The summed E-state index contributed by atoms with van der Waals surface area (Å²) >= 11 is 0. The van der Waals surface area contributed by atoms with E-state index in [1.54, 1.807) is 12.1 Å². The van der Waals surface area contributed by atoms with Gasteiger partial charge in [-0.15, -0.1) is 0 Å². The predicted octanol–water partition coefficient (Wildman–Crippen LogP) is 2.95. The lowest BCUT2D eigenvalue weighted by molar-refractivity contribution is 0.111. The molecule has 0 amide bonds. The Morgan fingerprint density at radius 1 is 0.765 bits per heavy atom. The number of aldehydes is 2. The summed E-state index contributed by atoms with van der Waals surface area (Å²) in [6, 6.07) is 11.1. The second kappa shape index (κ2) is 3.56. The van der Waals surface area contributed by atoms with Crippen molar-refractivity contribution < 1.29 is 9.59 Å². The number of rotatable bonds is 2. The van der Waals surface area contributed by atoms with E-state index < -0.39 is 0 Å². The molecule has 3 nitrogen and oxygen atoms in total. The van der Waals surface area contributed by atoms with Crippen LogP contribution in [0.15, 0.2) is 36.4 Å². The molecule has 3 rings (SSSR count). The highest BCUT2D eigenvalue weighted by Crippen LogP contribution is 2.28. The SMILES string of the molecule is O=Cc1cccc2c1[nH]c1c(C=O)cccc12. The maximum absolute atomic E-state index is 11.0. The molecule has 1 aromatic heterocycles. The Balaban J connectivity index is 2.57. The quantitative estimate of drug-likeness (QED) is 0.679. The van der Waals surface area contributed by atoms with Gasteiger partial charge in [-0.25, -0.2) is 0 Å². The Hall–Kier alpha value is -2.42. The van der Waals surface area contributed by atoms with Crippen molar-refractivity contribution in [2.45, 2.75) is 0 Å². The predicted molar refractivity (Wildman–Crippen MR) is 66.6 cm³/mol. The Labute approximate surface area is 97.1 Å². The molecule has 0 saturated heterocycles. The van der Waals surface area contributed by atoms with Crippen LogP contribution < -0.4 is 0 Å². The first-order valence-electron chi connectivity index (χ1n) is 5.29. The zero-order valence-corrected chi connectivity index (χ0v) is 8.94. The molecule has 17 heavy (non-hydrogen) atoms. The van der Waals surface area contributed by atoms with Crippen LogP contribution in [0.3, 0.4) is 0 Å². The molecule has 0 unspecified atom stereocenters. The molecule has 82 valence electrons. The number of H-pyrrole nitrogens is 1. The summed E-state index contributed by atoms with van der Waals surface area (Å²) in [6.45, 7) is 0. The van der Waals surface area contributed by atoms with Crippen molar-refractivity contribution in [3.8, 4) is 0 Å². The minimum absolute atomic E-state index is 0.607. The number of nitrogens with one attached hydrogen (secondary N) is 1. The van der Waals surface area contributed by atoms with Crippen LogP contribution in [-0.2, 0) is 0 Å². The lowest BCUT2D eigenvalue weighted by atomic mass is 10.1. The average Bonchev–Trinajstić information content (AvgIpc) is 2.77. The Bertz CT molecular complexity index is 678. The molecule has 0 atom stereocenters. The maximum Gasteiger partial charge on any atom is 0.152 e. The number of aromatic nitrogens is 1. The monoisotopic (exact) mass is 223 g/mol. The van der Waals surface area contributed by atoms with Crippen LogP contribution in [0, 0.1) is 0 Å². The molecular formula is C14H9NO2. The fourth-order valence-electron chi connectivity index (χ4n) is 2.19. The highest BCUT2D eigenvalue weighted by Gasteiger charge is 2.09. The number of carbonyl (C=O) groups is 2. The molecule has 3 aromatic rings. The van der Waals surface area contributed by atoms with Crippen molar-refractivity contribution in [3.05, 3.63) is 47.5 Å². The minimum Gasteiger partial charge on any atom is -0.353 e. The van der Waals surface area contributed by atoms with Crippen molar-refractivity contribution in [3.63, 3.8) is 0 Å². The summed E-state index contributed by atoms with van der Waals surface area (Å²) < 4.78 is 0. The van der Waals surface area contributed by atoms with E-state index in [-0.39, 0.29) is 0 Å². The van der Waals surface area contributed by atoms with Gasteiger partial charge in [-0.3, -0.25) is 9.59 Å². The molecule has 1 N–H and O–H groups in total. The number of para-hydroxylation sites is 2. The van der Waals surface area contributed by atoms with Gasteiger partial charge in [0.15, 0.2) is 12.6 Å². The molecule has 0 aliphatic heterocycles. The van der Waals surface area contributed by atoms with Crippen LogP contribution in [-0.4, -0.2) is 17.6 Å². The van der Waals surface area contributed by atoms with E-state index >= 15 is 0 Å². The van der Waals surface area contributed by atoms with Gasteiger partial charge in [-0.2, -0.15) is 0 Å². The largest absolute Gasteiger partial charge is 0.353 e. The van der Waals surface area contributed by atoms with Gasteiger partial charge in [0.25, 0.3) is 0 Å². The molecule has 0 fully saturated rings. The van der Waals surface area contributed by atoms with Gasteiger partial charge in [0.1, 0.15) is 0 Å². The van der Waals surface area contributed by atoms with Crippen molar-refractivity contribution in [1.29, 1.82) is 0 Å². The van der Waals surface area contributed by atoms with Gasteiger partial charge in [-0.1, -0.05) is 24.3 Å². The topological polar surface area (TPSA) is 49.9 Å². The Morgan fingerprint density at radius 2 is 1.24 bits per heavy atom. The summed E-state index contributed by atoms with van der Waals surface area (Å²) in [5.74, 6) is 0. The fraction of sp³-hybridized carbons (Fsp3) is 0. The summed E-state index contributed by atoms with van der Waals surface area (Å²) in [7, 11) is 0. The van der Waals surface area contributed by atoms with Crippen LogP contribution in [0.2, 0.25) is 0 Å². The third kappa shape index (κ3) is 1.29. The molecule has 0 saturated carbocycles. The summed E-state index contributed by atoms with van der Waals surface area (Å²) in [5.41, 5.74) is 2.78. The number of carbonyl (C=O) groups excluding carboxylic acids is 2. The Morgan fingerprint density at radius 3 is 1.65 bits per heavy atom. The second-order valence-electron chi connectivity index (χ2n) is 3.90.